The molecule has 0 aliphatic heterocycles. The van der Waals surface area contributed by atoms with E-state index >= 15 is 0 Å². The second-order valence-corrected chi connectivity index (χ2v) is 11.6. The Kier molecular flexibility index (Phi) is 7.34. The van der Waals surface area contributed by atoms with Gasteiger partial charge in [-0.1, -0.05) is 133 Å². The maximum absolute atomic E-state index is 5.34. The molecule has 6 aromatic carbocycles. The van der Waals surface area contributed by atoms with Crippen LogP contribution in [0.4, 0.5) is 0 Å². The molecule has 0 saturated carbocycles. The molecule has 188 valence electrons. The Labute approximate surface area is 231 Å². The highest BCUT2D eigenvalue weighted by Crippen LogP contribution is 2.39. The van der Waals surface area contributed by atoms with E-state index in [0.29, 0.717) is 0 Å². The molecule has 0 saturated heterocycles. The molecule has 0 aliphatic carbocycles. The fourth-order valence-electron chi connectivity index (χ4n) is 5.01. The molecule has 0 fully saturated rings. The molecule has 2 heteroatoms. The summed E-state index contributed by atoms with van der Waals surface area (Å²) in [5.74, 6) is 0.864. The van der Waals surface area contributed by atoms with Crippen LogP contribution in [0.25, 0.3) is 34.1 Å². The van der Waals surface area contributed by atoms with Crippen molar-refractivity contribution in [1.82, 2.24) is 0 Å². The van der Waals surface area contributed by atoms with Crippen LogP contribution in [0.2, 0.25) is 0 Å². The summed E-state index contributed by atoms with van der Waals surface area (Å²) in [4.78, 5) is 0. The van der Waals surface area contributed by atoms with Crippen molar-refractivity contribution >= 4 is 46.8 Å². The van der Waals surface area contributed by atoms with Crippen LogP contribution in [0.15, 0.2) is 146 Å². The highest BCUT2D eigenvalue weighted by molar-refractivity contribution is 7.80. The van der Waals surface area contributed by atoms with E-state index in [2.05, 4.69) is 146 Å². The first-order valence-corrected chi connectivity index (χ1v) is 14.5. The molecule has 6 rings (SSSR count). The second-order valence-electron chi connectivity index (χ2n) is 9.42. The van der Waals surface area contributed by atoms with Gasteiger partial charge >= 0.3 is 0 Å². The normalized spacial score (nSPS) is 11.3. The number of rotatable bonds is 7. The van der Waals surface area contributed by atoms with Gasteiger partial charge in [0.15, 0.2) is 0 Å². The lowest BCUT2D eigenvalue weighted by atomic mass is 9.95. The Morgan fingerprint density at radius 1 is 0.513 bits per heavy atom. The highest BCUT2D eigenvalue weighted by Gasteiger charge is 2.21. The number of benzene rings is 6. The molecule has 1 nitrogen and oxygen atoms in total. The third-order valence-corrected chi connectivity index (χ3v) is 9.45. The van der Waals surface area contributed by atoms with Gasteiger partial charge in [-0.05, 0) is 81.1 Å². The van der Waals surface area contributed by atoms with Crippen LogP contribution >= 0.6 is 7.92 Å². The molecule has 0 unspecified atom stereocenters. The van der Waals surface area contributed by atoms with E-state index in [1.54, 1.807) is 7.11 Å². The number of methoxy groups -OCH3 is 1. The van der Waals surface area contributed by atoms with Gasteiger partial charge in [0.2, 0.25) is 0 Å². The van der Waals surface area contributed by atoms with E-state index in [0.717, 1.165) is 11.3 Å². The van der Waals surface area contributed by atoms with Crippen LogP contribution in [-0.2, 0) is 0 Å². The predicted octanol–water partition coefficient (Wildman–Crippen LogP) is 8.44. The second kappa shape index (κ2) is 11.5. The van der Waals surface area contributed by atoms with Crippen molar-refractivity contribution in [2.24, 2.45) is 0 Å². The van der Waals surface area contributed by atoms with Gasteiger partial charge in [0, 0.05) is 0 Å². The molecule has 0 amide bonds. The molecule has 6 aromatic rings. The molecule has 0 atom stereocenters. The van der Waals surface area contributed by atoms with Crippen molar-refractivity contribution in [3.05, 3.63) is 157 Å². The zero-order valence-corrected chi connectivity index (χ0v) is 22.8. The summed E-state index contributed by atoms with van der Waals surface area (Å²) in [7, 11) is 0.955. The first-order valence-electron chi connectivity index (χ1n) is 13.1. The first-order chi connectivity index (χ1) is 19.3. The van der Waals surface area contributed by atoms with Crippen LogP contribution in [0.5, 0.6) is 5.75 Å². The molecular weight excluding hydrogens is 491 g/mol. The third-order valence-electron chi connectivity index (χ3n) is 6.95. The fourth-order valence-corrected chi connectivity index (χ4v) is 7.47. The molecule has 0 heterocycles. The van der Waals surface area contributed by atoms with E-state index in [9.17, 15) is 0 Å². The Bertz CT molecular complexity index is 1680. The SMILES string of the molecule is COc1ccc(C=Cc2cc3ccccc3cc2-c2ccccc2P(c2ccccc2)c2ccccc2)cc1. The van der Waals surface area contributed by atoms with Crippen molar-refractivity contribution < 1.29 is 4.74 Å². The van der Waals surface area contributed by atoms with Gasteiger partial charge in [0.25, 0.3) is 0 Å². The minimum Gasteiger partial charge on any atom is -0.497 e. The summed E-state index contributed by atoms with van der Waals surface area (Å²) in [6.07, 6.45) is 4.43. The van der Waals surface area contributed by atoms with Crippen LogP contribution in [-0.4, -0.2) is 7.11 Å². The van der Waals surface area contributed by atoms with Gasteiger partial charge < -0.3 is 4.74 Å². The third kappa shape index (κ3) is 5.41. The molecule has 0 spiro atoms. The van der Waals surface area contributed by atoms with E-state index in [1.807, 2.05) is 12.1 Å². The molecule has 0 bridgehead atoms. The first kappa shape index (κ1) is 24.9. The standard InChI is InChI=1S/C37H29OP/c1-38-32-24-21-28(22-25-32)20-23-31-26-29-12-8-9-13-30(29)27-36(31)35-18-10-11-19-37(35)39(33-14-4-2-5-15-33)34-16-6-3-7-17-34/h2-27H,1H3. The van der Waals surface area contributed by atoms with Crippen molar-refractivity contribution in [2.75, 3.05) is 7.11 Å². The topological polar surface area (TPSA) is 9.23 Å². The van der Waals surface area contributed by atoms with E-state index in [1.165, 1.54) is 43.4 Å². The van der Waals surface area contributed by atoms with E-state index < -0.39 is 7.92 Å². The summed E-state index contributed by atoms with van der Waals surface area (Å²) in [5.41, 5.74) is 4.86. The molecule has 39 heavy (non-hydrogen) atoms. The lowest BCUT2D eigenvalue weighted by Gasteiger charge is -2.23. The van der Waals surface area contributed by atoms with Crippen LogP contribution < -0.4 is 20.7 Å². The predicted molar refractivity (Wildman–Crippen MR) is 170 cm³/mol. The van der Waals surface area contributed by atoms with Gasteiger partial charge in [-0.25, -0.2) is 0 Å². The summed E-state index contributed by atoms with van der Waals surface area (Å²) in [6.45, 7) is 0. The number of ether oxygens (including phenoxy) is 1. The molecule has 0 aromatic heterocycles. The Morgan fingerprint density at radius 2 is 1.08 bits per heavy atom. The zero-order valence-electron chi connectivity index (χ0n) is 21.9. The Hall–Kier alpha value is -4.45. The van der Waals surface area contributed by atoms with Crippen LogP contribution in [0.1, 0.15) is 11.1 Å². The average molecular weight is 521 g/mol. The average Bonchev–Trinajstić information content (AvgIpc) is 3.01. The van der Waals surface area contributed by atoms with Crippen LogP contribution in [0.3, 0.4) is 0 Å². The summed E-state index contributed by atoms with van der Waals surface area (Å²) >= 11 is 0. The minimum absolute atomic E-state index is 0.743. The van der Waals surface area contributed by atoms with Gasteiger partial charge in [0.1, 0.15) is 5.75 Å². The van der Waals surface area contributed by atoms with E-state index in [-0.39, 0.29) is 0 Å². The lowest BCUT2D eigenvalue weighted by Crippen LogP contribution is -2.22. The number of fused-ring (bicyclic) bond motifs is 1. The Morgan fingerprint density at radius 3 is 1.72 bits per heavy atom. The van der Waals surface area contributed by atoms with Crippen molar-refractivity contribution in [3.8, 4) is 16.9 Å². The summed E-state index contributed by atoms with van der Waals surface area (Å²) in [6, 6.07) is 52.2. The maximum atomic E-state index is 5.34. The van der Waals surface area contributed by atoms with Crippen molar-refractivity contribution in [2.45, 2.75) is 0 Å². The quantitative estimate of drug-likeness (QED) is 0.152. The van der Waals surface area contributed by atoms with E-state index in [4.69, 9.17) is 4.74 Å². The Balaban J connectivity index is 1.54. The van der Waals surface area contributed by atoms with Gasteiger partial charge in [-0.3, -0.25) is 0 Å². The lowest BCUT2D eigenvalue weighted by molar-refractivity contribution is 0.415. The number of hydrogen-bond donors (Lipinski definition) is 0. The monoisotopic (exact) mass is 520 g/mol. The zero-order chi connectivity index (χ0) is 26.4. The summed E-state index contributed by atoms with van der Waals surface area (Å²) in [5, 5.41) is 6.54. The largest absolute Gasteiger partial charge is 0.497 e. The fraction of sp³-hybridized carbons (Fsp3) is 0.0270. The smallest absolute Gasteiger partial charge is 0.118 e. The minimum atomic E-state index is -0.743. The van der Waals surface area contributed by atoms with Crippen molar-refractivity contribution in [3.63, 3.8) is 0 Å². The van der Waals surface area contributed by atoms with Gasteiger partial charge in [-0.15, -0.1) is 0 Å². The molecule has 0 N–H and O–H groups in total. The molecule has 0 aliphatic rings. The number of hydrogen-bond acceptors (Lipinski definition) is 1. The maximum Gasteiger partial charge on any atom is 0.118 e. The molecule has 0 radical (unpaired) electrons. The summed E-state index contributed by atoms with van der Waals surface area (Å²) < 4.78 is 5.34. The van der Waals surface area contributed by atoms with Gasteiger partial charge in [0.05, 0.1) is 7.11 Å². The molecular formula is C37H29OP. The highest BCUT2D eigenvalue weighted by atomic mass is 31.1. The van der Waals surface area contributed by atoms with Crippen molar-refractivity contribution in [1.29, 1.82) is 0 Å². The van der Waals surface area contributed by atoms with Crippen LogP contribution in [0, 0.1) is 0 Å². The van der Waals surface area contributed by atoms with Gasteiger partial charge in [-0.2, -0.15) is 0 Å².